The van der Waals surface area contributed by atoms with E-state index in [9.17, 15) is 4.79 Å². The lowest BCUT2D eigenvalue weighted by molar-refractivity contribution is -0.139. The molecule has 88 valence electrons. The van der Waals surface area contributed by atoms with Crippen LogP contribution in [0.2, 0.25) is 0 Å². The molecule has 0 bridgehead atoms. The van der Waals surface area contributed by atoms with E-state index in [1.807, 2.05) is 0 Å². The summed E-state index contributed by atoms with van der Waals surface area (Å²) in [6, 6.07) is 0. The summed E-state index contributed by atoms with van der Waals surface area (Å²) in [6.45, 7) is 14.6. The fraction of sp³-hybridized carbons (Fsp3) is 0.769. The van der Waals surface area contributed by atoms with Crippen LogP contribution in [0.25, 0.3) is 0 Å². The monoisotopic (exact) mass is 212 g/mol. The lowest BCUT2D eigenvalue weighted by atomic mass is 9.84. The maximum atomic E-state index is 11.1. The molecule has 2 heteroatoms. The Bertz CT molecular complexity index is 223. The normalized spacial score (nSPS) is 13.4. The van der Waals surface area contributed by atoms with Gasteiger partial charge in [0.05, 0.1) is 6.61 Å². The summed E-state index contributed by atoms with van der Waals surface area (Å²) < 4.78 is 5.05. The number of hydrogen-bond donors (Lipinski definition) is 0. The van der Waals surface area contributed by atoms with Crippen molar-refractivity contribution in [3.63, 3.8) is 0 Å². The number of hydrogen-bond acceptors (Lipinski definition) is 2. The second-order valence-corrected chi connectivity index (χ2v) is 5.57. The molecule has 1 atom stereocenters. The van der Waals surface area contributed by atoms with E-state index in [2.05, 4.69) is 34.3 Å². The van der Waals surface area contributed by atoms with Crippen LogP contribution < -0.4 is 0 Å². The smallest absolute Gasteiger partial charge is 0.333 e. The fourth-order valence-electron chi connectivity index (χ4n) is 1.62. The molecule has 0 N–H and O–H groups in total. The SMILES string of the molecule is C=C(C)C(=O)OCCC(C)CC(C)(C)C. The predicted molar refractivity (Wildman–Crippen MR) is 63.6 cm³/mol. The molecule has 0 fully saturated rings. The van der Waals surface area contributed by atoms with E-state index >= 15 is 0 Å². The van der Waals surface area contributed by atoms with E-state index in [1.165, 1.54) is 0 Å². The molecular weight excluding hydrogens is 188 g/mol. The fourth-order valence-corrected chi connectivity index (χ4v) is 1.62. The van der Waals surface area contributed by atoms with Gasteiger partial charge in [0.15, 0.2) is 0 Å². The summed E-state index contributed by atoms with van der Waals surface area (Å²) in [6.07, 6.45) is 2.08. The summed E-state index contributed by atoms with van der Waals surface area (Å²) in [7, 11) is 0. The van der Waals surface area contributed by atoms with Crippen LogP contribution in [0.1, 0.15) is 47.5 Å². The topological polar surface area (TPSA) is 26.3 Å². The van der Waals surface area contributed by atoms with Gasteiger partial charge in [-0.25, -0.2) is 4.79 Å². The molecule has 0 aromatic carbocycles. The van der Waals surface area contributed by atoms with Crippen molar-refractivity contribution < 1.29 is 9.53 Å². The molecule has 0 spiro atoms. The second-order valence-electron chi connectivity index (χ2n) is 5.57. The zero-order valence-corrected chi connectivity index (χ0v) is 10.7. The summed E-state index contributed by atoms with van der Waals surface area (Å²) in [5, 5.41) is 0. The Hall–Kier alpha value is -0.790. The molecule has 0 aliphatic heterocycles. The maximum Gasteiger partial charge on any atom is 0.333 e. The van der Waals surface area contributed by atoms with Crippen LogP contribution in [0.5, 0.6) is 0 Å². The van der Waals surface area contributed by atoms with Gasteiger partial charge in [0, 0.05) is 5.57 Å². The Morgan fingerprint density at radius 3 is 2.33 bits per heavy atom. The van der Waals surface area contributed by atoms with E-state index in [1.54, 1.807) is 6.92 Å². The van der Waals surface area contributed by atoms with Crippen LogP contribution in [0.15, 0.2) is 12.2 Å². The summed E-state index contributed by atoms with van der Waals surface area (Å²) in [4.78, 5) is 11.1. The van der Waals surface area contributed by atoms with Gasteiger partial charge >= 0.3 is 5.97 Å². The first-order valence-electron chi connectivity index (χ1n) is 5.55. The van der Waals surface area contributed by atoms with Gasteiger partial charge in [0.25, 0.3) is 0 Å². The van der Waals surface area contributed by atoms with Gasteiger partial charge in [-0.05, 0) is 31.1 Å². The first-order valence-corrected chi connectivity index (χ1v) is 5.55. The van der Waals surface area contributed by atoms with Crippen LogP contribution in [0.3, 0.4) is 0 Å². The van der Waals surface area contributed by atoms with Gasteiger partial charge < -0.3 is 4.74 Å². The van der Waals surface area contributed by atoms with E-state index in [4.69, 9.17) is 4.74 Å². The number of ether oxygens (including phenoxy) is 1. The third kappa shape index (κ3) is 8.22. The predicted octanol–water partition coefficient (Wildman–Crippen LogP) is 3.57. The molecule has 0 heterocycles. The van der Waals surface area contributed by atoms with Crippen molar-refractivity contribution in [1.82, 2.24) is 0 Å². The molecule has 0 aromatic rings. The summed E-state index contributed by atoms with van der Waals surface area (Å²) in [5.74, 6) is 0.306. The van der Waals surface area contributed by atoms with Gasteiger partial charge in [0.2, 0.25) is 0 Å². The zero-order chi connectivity index (χ0) is 12.1. The number of carbonyl (C=O) groups is 1. The third-order valence-electron chi connectivity index (χ3n) is 2.15. The van der Waals surface area contributed by atoms with Crippen molar-refractivity contribution in [2.24, 2.45) is 11.3 Å². The quantitative estimate of drug-likeness (QED) is 0.514. The first-order chi connectivity index (χ1) is 6.72. The summed E-state index contributed by atoms with van der Waals surface area (Å²) in [5.41, 5.74) is 0.816. The highest BCUT2D eigenvalue weighted by Gasteiger charge is 2.15. The molecule has 0 aromatic heterocycles. The molecular formula is C13H24O2. The Balaban J connectivity index is 3.69. The number of carbonyl (C=O) groups excluding carboxylic acids is 1. The third-order valence-corrected chi connectivity index (χ3v) is 2.15. The standard InChI is InChI=1S/C13H24O2/c1-10(2)12(14)15-8-7-11(3)9-13(4,5)6/h11H,1,7-9H2,2-6H3. The molecule has 0 rings (SSSR count). The van der Waals surface area contributed by atoms with Crippen molar-refractivity contribution in [3.8, 4) is 0 Å². The lowest BCUT2D eigenvalue weighted by Gasteiger charge is -2.22. The second kappa shape index (κ2) is 5.94. The minimum absolute atomic E-state index is 0.280. The highest BCUT2D eigenvalue weighted by atomic mass is 16.5. The van der Waals surface area contributed by atoms with Crippen LogP contribution in [0, 0.1) is 11.3 Å². The molecule has 0 aliphatic rings. The van der Waals surface area contributed by atoms with E-state index in [-0.39, 0.29) is 5.97 Å². The van der Waals surface area contributed by atoms with Crippen LogP contribution >= 0.6 is 0 Å². The number of rotatable bonds is 5. The highest BCUT2D eigenvalue weighted by molar-refractivity contribution is 5.86. The van der Waals surface area contributed by atoms with E-state index in [0.29, 0.717) is 23.5 Å². The van der Waals surface area contributed by atoms with Crippen molar-refractivity contribution in [2.75, 3.05) is 6.61 Å². The van der Waals surface area contributed by atoms with Gasteiger partial charge in [-0.3, -0.25) is 0 Å². The van der Waals surface area contributed by atoms with Crippen molar-refractivity contribution in [2.45, 2.75) is 47.5 Å². The molecule has 0 aliphatic carbocycles. The van der Waals surface area contributed by atoms with Crippen LogP contribution in [-0.4, -0.2) is 12.6 Å². The van der Waals surface area contributed by atoms with Gasteiger partial charge in [-0.15, -0.1) is 0 Å². The minimum atomic E-state index is -0.280. The van der Waals surface area contributed by atoms with Crippen molar-refractivity contribution >= 4 is 5.97 Å². The molecule has 1 unspecified atom stereocenters. The van der Waals surface area contributed by atoms with Crippen LogP contribution in [0.4, 0.5) is 0 Å². The summed E-state index contributed by atoms with van der Waals surface area (Å²) >= 11 is 0. The average Bonchev–Trinajstić information content (AvgIpc) is 2.00. The van der Waals surface area contributed by atoms with Crippen molar-refractivity contribution in [1.29, 1.82) is 0 Å². The highest BCUT2D eigenvalue weighted by Crippen LogP contribution is 2.25. The largest absolute Gasteiger partial charge is 0.462 e. The zero-order valence-electron chi connectivity index (χ0n) is 10.7. The lowest BCUT2D eigenvalue weighted by Crippen LogP contribution is -2.14. The molecule has 0 radical (unpaired) electrons. The van der Waals surface area contributed by atoms with Crippen LogP contribution in [-0.2, 0) is 9.53 Å². The Labute approximate surface area is 93.7 Å². The van der Waals surface area contributed by atoms with E-state index in [0.717, 1.165) is 12.8 Å². The molecule has 0 saturated heterocycles. The maximum absolute atomic E-state index is 11.1. The average molecular weight is 212 g/mol. The Morgan fingerprint density at radius 1 is 1.40 bits per heavy atom. The molecule has 2 nitrogen and oxygen atoms in total. The molecule has 0 saturated carbocycles. The number of esters is 1. The Morgan fingerprint density at radius 2 is 1.93 bits per heavy atom. The van der Waals surface area contributed by atoms with Gasteiger partial charge in [-0.1, -0.05) is 34.3 Å². The molecule has 15 heavy (non-hydrogen) atoms. The van der Waals surface area contributed by atoms with Gasteiger partial charge in [-0.2, -0.15) is 0 Å². The van der Waals surface area contributed by atoms with Crippen molar-refractivity contribution in [3.05, 3.63) is 12.2 Å². The first kappa shape index (κ1) is 14.2. The van der Waals surface area contributed by atoms with E-state index < -0.39 is 0 Å². The van der Waals surface area contributed by atoms with Gasteiger partial charge in [0.1, 0.15) is 0 Å². The minimum Gasteiger partial charge on any atom is -0.462 e. The molecule has 0 amide bonds. The Kier molecular flexibility index (Phi) is 5.63.